The molecule has 0 unspecified atom stereocenters. The number of nitrogens with zero attached hydrogens (tertiary/aromatic N) is 2. The third-order valence-electron chi connectivity index (χ3n) is 5.89. The number of halogens is 3. The third kappa shape index (κ3) is 5.25. The van der Waals surface area contributed by atoms with Crippen LogP contribution in [0.25, 0.3) is 0 Å². The van der Waals surface area contributed by atoms with Crippen LogP contribution in [0, 0.1) is 17.2 Å². The second-order valence-corrected chi connectivity index (χ2v) is 8.26. The zero-order valence-electron chi connectivity index (χ0n) is 18.2. The number of piperidine rings is 1. The summed E-state index contributed by atoms with van der Waals surface area (Å²) in [4.78, 5) is 26.2. The smallest absolute Gasteiger partial charge is 0.416 e. The number of carbonyl (C=O) groups is 2. The van der Waals surface area contributed by atoms with Gasteiger partial charge in [-0.15, -0.1) is 0 Å². The van der Waals surface area contributed by atoms with Crippen molar-refractivity contribution in [3.8, 4) is 17.6 Å². The Hall–Kier alpha value is -3.74. The molecule has 2 aromatic rings. The number of Topliss-reactive ketones (excluding diaryl/α,β-unsaturated/α-hetero) is 1. The van der Waals surface area contributed by atoms with Gasteiger partial charge in [-0.25, -0.2) is 0 Å². The van der Waals surface area contributed by atoms with E-state index in [1.54, 1.807) is 29.2 Å². The molecular weight excluding hydrogens is 451 g/mol. The van der Waals surface area contributed by atoms with Gasteiger partial charge in [-0.3, -0.25) is 9.59 Å². The Balaban J connectivity index is 1.32. The van der Waals surface area contributed by atoms with Gasteiger partial charge < -0.3 is 19.7 Å². The van der Waals surface area contributed by atoms with E-state index in [4.69, 9.17) is 9.47 Å². The van der Waals surface area contributed by atoms with Crippen molar-refractivity contribution in [2.45, 2.75) is 19.0 Å². The summed E-state index contributed by atoms with van der Waals surface area (Å²) in [6.07, 6.45) is -3.20. The summed E-state index contributed by atoms with van der Waals surface area (Å²) in [5.74, 6) is 0.539. The molecule has 1 fully saturated rings. The average Bonchev–Trinajstić information content (AvgIpc) is 3.02. The van der Waals surface area contributed by atoms with E-state index in [1.807, 2.05) is 0 Å². The van der Waals surface area contributed by atoms with Crippen molar-refractivity contribution in [2.24, 2.45) is 5.92 Å². The lowest BCUT2D eigenvalue weighted by Gasteiger charge is -2.32. The Morgan fingerprint density at radius 1 is 1.21 bits per heavy atom. The zero-order valence-corrected chi connectivity index (χ0v) is 18.2. The van der Waals surface area contributed by atoms with Crippen LogP contribution >= 0.6 is 0 Å². The van der Waals surface area contributed by atoms with Crippen LogP contribution in [0.2, 0.25) is 0 Å². The lowest BCUT2D eigenvalue weighted by atomic mass is 9.97. The fourth-order valence-corrected chi connectivity index (χ4v) is 3.94. The number of alkyl halides is 3. The minimum atomic E-state index is -4.53. The van der Waals surface area contributed by atoms with E-state index in [9.17, 15) is 28.0 Å². The highest BCUT2D eigenvalue weighted by Gasteiger charge is 2.31. The minimum Gasteiger partial charge on any atom is -0.492 e. The number of nitrogens with one attached hydrogen (secondary N) is 1. The number of fused-ring (bicyclic) bond motifs is 1. The van der Waals surface area contributed by atoms with Gasteiger partial charge in [0, 0.05) is 18.7 Å². The number of ether oxygens (including phenoxy) is 2. The molecular formula is C24H22F3N3O4. The maximum atomic E-state index is 12.9. The topological polar surface area (TPSA) is 91.7 Å². The number of anilines is 1. The summed E-state index contributed by atoms with van der Waals surface area (Å²) in [7, 11) is 0. The number of ketones is 1. The molecule has 1 N–H and O–H groups in total. The second-order valence-electron chi connectivity index (χ2n) is 8.26. The Bertz CT molecular complexity index is 1140. The predicted octanol–water partition coefficient (Wildman–Crippen LogP) is 3.88. The molecule has 7 nitrogen and oxygen atoms in total. The lowest BCUT2D eigenvalue weighted by Crippen LogP contribution is -2.39. The van der Waals surface area contributed by atoms with Gasteiger partial charge in [0.1, 0.15) is 24.2 Å². The highest BCUT2D eigenvalue weighted by atomic mass is 19.4. The highest BCUT2D eigenvalue weighted by molar-refractivity contribution is 5.96. The highest BCUT2D eigenvalue weighted by Crippen LogP contribution is 2.33. The van der Waals surface area contributed by atoms with E-state index in [1.165, 1.54) is 6.07 Å². The molecule has 34 heavy (non-hydrogen) atoms. The number of hydrogen-bond donors (Lipinski definition) is 1. The number of amides is 1. The monoisotopic (exact) mass is 473 g/mol. The van der Waals surface area contributed by atoms with Gasteiger partial charge in [0.2, 0.25) is 0 Å². The molecule has 2 aliphatic rings. The van der Waals surface area contributed by atoms with Crippen molar-refractivity contribution in [3.05, 3.63) is 53.1 Å². The first kappa shape index (κ1) is 23.4. The summed E-state index contributed by atoms with van der Waals surface area (Å²) in [6.45, 7) is 1.39. The predicted molar refractivity (Wildman–Crippen MR) is 116 cm³/mol. The van der Waals surface area contributed by atoms with Gasteiger partial charge in [0.05, 0.1) is 30.0 Å². The molecule has 0 aromatic heterocycles. The van der Waals surface area contributed by atoms with Gasteiger partial charge in [-0.1, -0.05) is 0 Å². The van der Waals surface area contributed by atoms with Gasteiger partial charge in [-0.2, -0.15) is 18.4 Å². The Morgan fingerprint density at radius 3 is 2.68 bits per heavy atom. The summed E-state index contributed by atoms with van der Waals surface area (Å²) >= 11 is 0. The summed E-state index contributed by atoms with van der Waals surface area (Å²) < 4.78 is 49.6. The molecule has 0 radical (unpaired) electrons. The van der Waals surface area contributed by atoms with Crippen molar-refractivity contribution in [3.63, 3.8) is 0 Å². The maximum absolute atomic E-state index is 12.9. The number of rotatable bonds is 4. The molecule has 2 aliphatic heterocycles. The lowest BCUT2D eigenvalue weighted by molar-refractivity contribution is -0.137. The van der Waals surface area contributed by atoms with E-state index >= 15 is 0 Å². The van der Waals surface area contributed by atoms with Crippen molar-refractivity contribution in [2.75, 3.05) is 38.2 Å². The molecule has 0 atom stereocenters. The molecule has 2 aromatic carbocycles. The third-order valence-corrected chi connectivity index (χ3v) is 5.89. The van der Waals surface area contributed by atoms with Crippen LogP contribution in [-0.2, 0) is 11.0 Å². The zero-order chi connectivity index (χ0) is 24.3. The molecule has 1 saturated heterocycles. The largest absolute Gasteiger partial charge is 0.492 e. The molecule has 2 heterocycles. The van der Waals surface area contributed by atoms with Crippen LogP contribution in [-0.4, -0.2) is 49.4 Å². The molecule has 0 spiro atoms. The van der Waals surface area contributed by atoms with Gasteiger partial charge in [0.15, 0.2) is 5.78 Å². The van der Waals surface area contributed by atoms with Crippen LogP contribution in [0.1, 0.15) is 34.3 Å². The van der Waals surface area contributed by atoms with E-state index in [0.29, 0.717) is 42.9 Å². The maximum Gasteiger partial charge on any atom is 0.416 e. The normalized spacial score (nSPS) is 16.5. The van der Waals surface area contributed by atoms with Crippen LogP contribution in [0.4, 0.5) is 18.9 Å². The van der Waals surface area contributed by atoms with E-state index < -0.39 is 11.7 Å². The van der Waals surface area contributed by atoms with Crippen LogP contribution in [0.15, 0.2) is 36.4 Å². The molecule has 0 aliphatic carbocycles. The first-order valence-electron chi connectivity index (χ1n) is 10.8. The average molecular weight is 473 g/mol. The van der Waals surface area contributed by atoms with Gasteiger partial charge in [-0.05, 0) is 55.2 Å². The Kier molecular flexibility index (Phi) is 6.63. The van der Waals surface area contributed by atoms with Crippen molar-refractivity contribution in [1.29, 1.82) is 5.26 Å². The fourth-order valence-electron chi connectivity index (χ4n) is 3.94. The van der Waals surface area contributed by atoms with Crippen molar-refractivity contribution < 1.29 is 32.2 Å². The van der Waals surface area contributed by atoms with E-state index in [2.05, 4.69) is 5.32 Å². The van der Waals surface area contributed by atoms with E-state index in [0.717, 1.165) is 12.1 Å². The number of nitriles is 1. The van der Waals surface area contributed by atoms with E-state index in [-0.39, 0.29) is 48.7 Å². The fraction of sp³-hybridized carbons (Fsp3) is 0.375. The molecule has 1 amide bonds. The Morgan fingerprint density at radius 2 is 1.97 bits per heavy atom. The van der Waals surface area contributed by atoms with Crippen molar-refractivity contribution in [1.82, 2.24) is 4.90 Å². The summed E-state index contributed by atoms with van der Waals surface area (Å²) in [6, 6.07) is 9.63. The molecule has 0 bridgehead atoms. The first-order chi connectivity index (χ1) is 16.2. The van der Waals surface area contributed by atoms with Crippen LogP contribution < -0.4 is 14.8 Å². The quantitative estimate of drug-likeness (QED) is 0.725. The molecule has 10 heteroatoms. The standard InChI is InChI=1S/C24H22F3N3O4/c25-24(26,27)18-2-4-21(17(9-18)11-28)33-13-15-5-7-30(8-6-15)23(32)16-1-3-22-20(10-16)29-12-19(31)14-34-22/h1-4,9-10,15,29H,5-8,12-14H2. The number of likely N-dealkylation sites (tertiary alicyclic amines) is 1. The van der Waals surface area contributed by atoms with Crippen molar-refractivity contribution >= 4 is 17.4 Å². The Labute approximate surface area is 194 Å². The summed E-state index contributed by atoms with van der Waals surface area (Å²) in [5, 5.41) is 12.2. The molecule has 4 rings (SSSR count). The SMILES string of the molecule is N#Cc1cc(C(F)(F)F)ccc1OCC1CCN(C(=O)c2ccc3c(c2)NCC(=O)CO3)CC1. The molecule has 178 valence electrons. The molecule has 0 saturated carbocycles. The van der Waals surface area contributed by atoms with Gasteiger partial charge >= 0.3 is 6.18 Å². The summed E-state index contributed by atoms with van der Waals surface area (Å²) in [5.41, 5.74) is 0.0338. The van der Waals surface area contributed by atoms with Crippen LogP contribution in [0.5, 0.6) is 11.5 Å². The minimum absolute atomic E-state index is 0.00872. The number of hydrogen-bond acceptors (Lipinski definition) is 6. The number of carbonyl (C=O) groups excluding carboxylic acids is 2. The van der Waals surface area contributed by atoms with Crippen LogP contribution in [0.3, 0.4) is 0 Å². The first-order valence-corrected chi connectivity index (χ1v) is 10.8. The van der Waals surface area contributed by atoms with Gasteiger partial charge in [0.25, 0.3) is 5.91 Å². The second kappa shape index (κ2) is 9.63. The number of benzene rings is 2.